The number of fused-ring (bicyclic) bond motifs is 1. The van der Waals surface area contributed by atoms with E-state index in [1.807, 2.05) is 36.4 Å². The van der Waals surface area contributed by atoms with Crippen molar-refractivity contribution in [1.29, 1.82) is 0 Å². The van der Waals surface area contributed by atoms with Gasteiger partial charge in [0.2, 0.25) is 0 Å². The fraction of sp³-hybridized carbons (Fsp3) is 0.440. The lowest BCUT2D eigenvalue weighted by Gasteiger charge is -2.11. The number of rotatable bonds is 12. The van der Waals surface area contributed by atoms with E-state index in [0.717, 1.165) is 34.3 Å². The molecule has 0 unspecified atom stereocenters. The molecule has 0 atom stereocenters. The maximum atomic E-state index is 12.5. The van der Waals surface area contributed by atoms with Crippen molar-refractivity contribution in [1.82, 2.24) is 14.9 Å². The van der Waals surface area contributed by atoms with Gasteiger partial charge in [-0.2, -0.15) is 0 Å². The highest BCUT2D eigenvalue weighted by molar-refractivity contribution is 9.10. The molecule has 2 aromatic carbocycles. The minimum atomic E-state index is -0.0815. The van der Waals surface area contributed by atoms with Crippen LogP contribution in [-0.4, -0.2) is 15.5 Å². The normalized spacial score (nSPS) is 11.1. The Morgan fingerprint density at radius 3 is 2.47 bits per heavy atom. The number of carbonyl (C=O) groups excluding carboxylic acids is 1. The summed E-state index contributed by atoms with van der Waals surface area (Å²) >= 11 is 3.42. The summed E-state index contributed by atoms with van der Waals surface area (Å²) < 4.78 is 3.17. The van der Waals surface area contributed by atoms with E-state index >= 15 is 0 Å². The zero-order valence-corrected chi connectivity index (χ0v) is 19.5. The van der Waals surface area contributed by atoms with Crippen LogP contribution >= 0.6 is 15.9 Å². The van der Waals surface area contributed by atoms with Crippen LogP contribution in [0.5, 0.6) is 0 Å². The zero-order chi connectivity index (χ0) is 21.2. The highest BCUT2D eigenvalue weighted by atomic mass is 79.9. The Balaban J connectivity index is 1.58. The van der Waals surface area contributed by atoms with E-state index in [1.54, 1.807) is 0 Å². The molecule has 3 aromatic rings. The van der Waals surface area contributed by atoms with Gasteiger partial charge in [0.1, 0.15) is 5.82 Å². The molecule has 1 N–H and O–H groups in total. The number of benzene rings is 2. The molecule has 160 valence electrons. The summed E-state index contributed by atoms with van der Waals surface area (Å²) in [6.45, 7) is 3.63. The Kier molecular flexibility index (Phi) is 8.94. The van der Waals surface area contributed by atoms with Crippen molar-refractivity contribution < 1.29 is 4.79 Å². The van der Waals surface area contributed by atoms with Gasteiger partial charge in [-0.15, -0.1) is 0 Å². The highest BCUT2D eigenvalue weighted by Gasteiger charge is 2.12. The number of imidazole rings is 1. The van der Waals surface area contributed by atoms with Gasteiger partial charge >= 0.3 is 0 Å². The van der Waals surface area contributed by atoms with Crippen LogP contribution < -0.4 is 5.32 Å². The van der Waals surface area contributed by atoms with Crippen molar-refractivity contribution in [2.24, 2.45) is 0 Å². The Morgan fingerprint density at radius 2 is 1.70 bits per heavy atom. The fourth-order valence-electron chi connectivity index (χ4n) is 3.80. The van der Waals surface area contributed by atoms with Crippen molar-refractivity contribution in [3.05, 3.63) is 64.4 Å². The number of hydrogen-bond donors (Lipinski definition) is 1. The predicted octanol–water partition coefficient (Wildman–Crippen LogP) is 6.87. The van der Waals surface area contributed by atoms with Crippen molar-refractivity contribution in [3.8, 4) is 0 Å². The molecule has 0 spiro atoms. The maximum Gasteiger partial charge on any atom is 0.251 e. The number of para-hydroxylation sites is 2. The molecule has 0 bridgehead atoms. The standard InChI is InChI=1S/C25H32BrN3O/c1-2-3-4-5-6-7-8-11-17-29-23-16-10-9-15-22(23)28-24(29)19-27-25(30)20-13-12-14-21(26)18-20/h9-10,12-16,18H,2-8,11,17,19H2,1H3,(H,27,30). The molecule has 3 rings (SSSR count). The first kappa shape index (κ1) is 22.5. The van der Waals surface area contributed by atoms with Crippen LogP contribution in [0.25, 0.3) is 11.0 Å². The lowest BCUT2D eigenvalue weighted by atomic mass is 10.1. The fourth-order valence-corrected chi connectivity index (χ4v) is 4.20. The molecule has 0 aliphatic heterocycles. The molecule has 0 aliphatic rings. The lowest BCUT2D eigenvalue weighted by Crippen LogP contribution is -2.24. The SMILES string of the molecule is CCCCCCCCCCn1c(CNC(=O)c2cccc(Br)c2)nc2ccccc21. The van der Waals surface area contributed by atoms with Crippen LogP contribution in [0.2, 0.25) is 0 Å². The quantitative estimate of drug-likeness (QED) is 0.294. The number of halogens is 1. The second-order valence-corrected chi connectivity index (χ2v) is 8.75. The van der Waals surface area contributed by atoms with Crippen LogP contribution in [0, 0.1) is 0 Å². The van der Waals surface area contributed by atoms with E-state index in [9.17, 15) is 4.79 Å². The summed E-state index contributed by atoms with van der Waals surface area (Å²) in [5, 5.41) is 3.03. The van der Waals surface area contributed by atoms with Gasteiger partial charge < -0.3 is 9.88 Å². The van der Waals surface area contributed by atoms with E-state index in [2.05, 4.69) is 44.9 Å². The first-order valence-corrected chi connectivity index (χ1v) is 12.0. The summed E-state index contributed by atoms with van der Waals surface area (Å²) in [6.07, 6.45) is 10.4. The third-order valence-electron chi connectivity index (χ3n) is 5.46. The maximum absolute atomic E-state index is 12.5. The number of aromatic nitrogens is 2. The summed E-state index contributed by atoms with van der Waals surface area (Å²) in [4.78, 5) is 17.3. The van der Waals surface area contributed by atoms with Gasteiger partial charge in [0.05, 0.1) is 17.6 Å². The molecule has 1 amide bonds. The van der Waals surface area contributed by atoms with Gasteiger partial charge in [-0.1, -0.05) is 86.0 Å². The third kappa shape index (κ3) is 6.43. The van der Waals surface area contributed by atoms with E-state index < -0.39 is 0 Å². The molecule has 1 aromatic heterocycles. The number of aryl methyl sites for hydroxylation is 1. The Labute approximate surface area is 188 Å². The molecule has 0 saturated heterocycles. The van der Waals surface area contributed by atoms with Crippen molar-refractivity contribution in [2.75, 3.05) is 0 Å². The van der Waals surface area contributed by atoms with E-state index in [1.165, 1.54) is 44.9 Å². The van der Waals surface area contributed by atoms with Gasteiger partial charge in [0.15, 0.2) is 0 Å². The van der Waals surface area contributed by atoms with Crippen molar-refractivity contribution in [2.45, 2.75) is 71.4 Å². The van der Waals surface area contributed by atoms with Crippen LogP contribution in [0.1, 0.15) is 74.5 Å². The number of amides is 1. The monoisotopic (exact) mass is 469 g/mol. The molecule has 0 aliphatic carbocycles. The average Bonchev–Trinajstić information content (AvgIpc) is 3.11. The molecule has 4 nitrogen and oxygen atoms in total. The summed E-state index contributed by atoms with van der Waals surface area (Å²) in [5.41, 5.74) is 2.78. The average molecular weight is 470 g/mol. The van der Waals surface area contributed by atoms with Gasteiger partial charge in [-0.25, -0.2) is 4.98 Å². The largest absolute Gasteiger partial charge is 0.345 e. The Hall–Kier alpha value is -2.14. The Morgan fingerprint density at radius 1 is 0.967 bits per heavy atom. The summed E-state index contributed by atoms with van der Waals surface area (Å²) in [6, 6.07) is 15.7. The van der Waals surface area contributed by atoms with Gasteiger partial charge in [0.25, 0.3) is 5.91 Å². The van der Waals surface area contributed by atoms with E-state index in [4.69, 9.17) is 4.98 Å². The van der Waals surface area contributed by atoms with E-state index in [-0.39, 0.29) is 5.91 Å². The molecule has 1 heterocycles. The molecule has 30 heavy (non-hydrogen) atoms. The first-order valence-electron chi connectivity index (χ1n) is 11.2. The molecule has 5 heteroatoms. The number of nitrogens with one attached hydrogen (secondary N) is 1. The second kappa shape index (κ2) is 11.9. The topological polar surface area (TPSA) is 46.9 Å². The molecule has 0 fully saturated rings. The molecular weight excluding hydrogens is 438 g/mol. The molecule has 0 radical (unpaired) electrons. The van der Waals surface area contributed by atoms with Gasteiger partial charge in [-0.3, -0.25) is 4.79 Å². The number of nitrogens with zero attached hydrogens (tertiary/aromatic N) is 2. The number of carbonyl (C=O) groups is 1. The second-order valence-electron chi connectivity index (χ2n) is 7.84. The Bertz CT molecular complexity index is 950. The summed E-state index contributed by atoms with van der Waals surface area (Å²) in [5.74, 6) is 0.837. The lowest BCUT2D eigenvalue weighted by molar-refractivity contribution is 0.0949. The van der Waals surface area contributed by atoms with Crippen LogP contribution in [-0.2, 0) is 13.1 Å². The molecule has 0 saturated carbocycles. The molecular formula is C25H32BrN3O. The van der Waals surface area contributed by atoms with Crippen molar-refractivity contribution in [3.63, 3.8) is 0 Å². The summed E-state index contributed by atoms with van der Waals surface area (Å²) in [7, 11) is 0. The first-order chi connectivity index (χ1) is 14.7. The van der Waals surface area contributed by atoms with Crippen molar-refractivity contribution >= 4 is 32.9 Å². The minimum Gasteiger partial charge on any atom is -0.345 e. The predicted molar refractivity (Wildman–Crippen MR) is 128 cm³/mol. The van der Waals surface area contributed by atoms with Crippen LogP contribution in [0.15, 0.2) is 53.0 Å². The van der Waals surface area contributed by atoms with Crippen LogP contribution in [0.4, 0.5) is 0 Å². The number of hydrogen-bond acceptors (Lipinski definition) is 2. The smallest absolute Gasteiger partial charge is 0.251 e. The van der Waals surface area contributed by atoms with Gasteiger partial charge in [0, 0.05) is 16.6 Å². The van der Waals surface area contributed by atoms with Gasteiger partial charge in [-0.05, 0) is 36.8 Å². The number of unbranched alkanes of at least 4 members (excludes halogenated alkanes) is 7. The zero-order valence-electron chi connectivity index (χ0n) is 17.9. The van der Waals surface area contributed by atoms with E-state index in [0.29, 0.717) is 12.1 Å². The third-order valence-corrected chi connectivity index (χ3v) is 5.96. The minimum absolute atomic E-state index is 0.0815. The van der Waals surface area contributed by atoms with Crippen LogP contribution in [0.3, 0.4) is 0 Å². The highest BCUT2D eigenvalue weighted by Crippen LogP contribution is 2.18.